The highest BCUT2D eigenvalue weighted by molar-refractivity contribution is 5.93. The lowest BCUT2D eigenvalue weighted by Gasteiger charge is -2.12. The molecule has 126 valence electrons. The Morgan fingerprint density at radius 1 is 1.17 bits per heavy atom. The minimum Gasteiger partial charge on any atom is -0.392 e. The zero-order valence-corrected chi connectivity index (χ0v) is 14.3. The summed E-state index contributed by atoms with van der Waals surface area (Å²) >= 11 is 0. The summed E-state index contributed by atoms with van der Waals surface area (Å²) in [6.07, 6.45) is 1.19. The zero-order chi connectivity index (χ0) is 17.6. The average Bonchev–Trinajstić information content (AvgIpc) is 2.89. The number of aryl methyl sites for hydroxylation is 2. The Kier molecular flexibility index (Phi) is 3.93. The lowest BCUT2D eigenvalue weighted by molar-refractivity contribution is 0.174. The van der Waals surface area contributed by atoms with Crippen molar-refractivity contribution in [3.05, 3.63) is 56.9 Å². The fourth-order valence-electron chi connectivity index (χ4n) is 3.12. The van der Waals surface area contributed by atoms with Gasteiger partial charge < -0.3 is 9.67 Å². The minimum absolute atomic E-state index is 0.325. The van der Waals surface area contributed by atoms with Gasteiger partial charge in [-0.1, -0.05) is 23.8 Å². The molecule has 0 bridgehead atoms. The number of hydrogen-bond acceptors (Lipinski definition) is 3. The molecule has 0 aliphatic carbocycles. The Balaban J connectivity index is 2.49. The van der Waals surface area contributed by atoms with Crippen molar-refractivity contribution >= 4 is 10.9 Å². The van der Waals surface area contributed by atoms with Gasteiger partial charge in [-0.15, -0.1) is 0 Å². The molecule has 24 heavy (non-hydrogen) atoms. The Hall–Kier alpha value is -2.60. The van der Waals surface area contributed by atoms with E-state index in [0.29, 0.717) is 17.4 Å². The van der Waals surface area contributed by atoms with E-state index in [-0.39, 0.29) is 11.2 Å². The lowest BCUT2D eigenvalue weighted by atomic mass is 10.1. The maximum Gasteiger partial charge on any atom is 0.330 e. The summed E-state index contributed by atoms with van der Waals surface area (Å²) in [5.74, 6) is 0. The van der Waals surface area contributed by atoms with Crippen LogP contribution in [0.5, 0.6) is 0 Å². The standard InChI is InChI=1S/C18H21N3O3/c1-11-6-5-7-13(8-11)16-15-14(10-21(16)9-12(2)22)19(3)18(24)20(4)17(15)23/h5-8,10,12,22H,9H2,1-4H3/t12-/m0/s1. The second-order valence-corrected chi connectivity index (χ2v) is 6.31. The molecule has 0 aliphatic rings. The minimum atomic E-state index is -0.573. The predicted molar refractivity (Wildman–Crippen MR) is 94.3 cm³/mol. The third-order valence-corrected chi connectivity index (χ3v) is 4.26. The quantitative estimate of drug-likeness (QED) is 0.790. The first-order valence-corrected chi connectivity index (χ1v) is 7.85. The third kappa shape index (κ3) is 2.49. The first-order valence-electron chi connectivity index (χ1n) is 7.85. The van der Waals surface area contributed by atoms with Crippen molar-refractivity contribution in [2.75, 3.05) is 0 Å². The molecule has 1 atom stereocenters. The first-order chi connectivity index (χ1) is 11.3. The highest BCUT2D eigenvalue weighted by Crippen LogP contribution is 2.28. The van der Waals surface area contributed by atoms with Crippen LogP contribution in [0.3, 0.4) is 0 Å². The Morgan fingerprint density at radius 3 is 2.50 bits per heavy atom. The van der Waals surface area contributed by atoms with Gasteiger partial charge in [0.15, 0.2) is 0 Å². The van der Waals surface area contributed by atoms with Gasteiger partial charge in [-0.2, -0.15) is 0 Å². The monoisotopic (exact) mass is 327 g/mol. The molecule has 2 aromatic heterocycles. The van der Waals surface area contributed by atoms with Crippen LogP contribution in [0.25, 0.3) is 22.2 Å². The molecule has 0 fully saturated rings. The highest BCUT2D eigenvalue weighted by Gasteiger charge is 2.19. The van der Waals surface area contributed by atoms with Crippen molar-refractivity contribution in [3.8, 4) is 11.3 Å². The maximum absolute atomic E-state index is 12.8. The predicted octanol–water partition coefficient (Wildman–Crippen LogP) is 1.39. The number of rotatable bonds is 3. The van der Waals surface area contributed by atoms with E-state index in [1.54, 1.807) is 20.2 Å². The van der Waals surface area contributed by atoms with Gasteiger partial charge in [0.05, 0.1) is 22.7 Å². The topological polar surface area (TPSA) is 69.2 Å². The number of fused-ring (bicyclic) bond motifs is 1. The third-order valence-electron chi connectivity index (χ3n) is 4.26. The van der Waals surface area contributed by atoms with Gasteiger partial charge in [0.1, 0.15) is 0 Å². The second-order valence-electron chi connectivity index (χ2n) is 6.31. The Bertz CT molecular complexity index is 1040. The van der Waals surface area contributed by atoms with Crippen molar-refractivity contribution in [1.29, 1.82) is 0 Å². The van der Waals surface area contributed by atoms with E-state index in [1.807, 2.05) is 35.8 Å². The van der Waals surface area contributed by atoms with Gasteiger partial charge in [0, 0.05) is 26.8 Å². The summed E-state index contributed by atoms with van der Waals surface area (Å²) < 4.78 is 4.44. The van der Waals surface area contributed by atoms with E-state index in [1.165, 1.54) is 11.6 Å². The van der Waals surface area contributed by atoms with E-state index in [4.69, 9.17) is 0 Å². The smallest absolute Gasteiger partial charge is 0.330 e. The summed E-state index contributed by atoms with van der Waals surface area (Å²) in [5, 5.41) is 10.3. The Labute approximate surface area is 139 Å². The van der Waals surface area contributed by atoms with Crippen molar-refractivity contribution in [1.82, 2.24) is 13.7 Å². The van der Waals surface area contributed by atoms with E-state index in [2.05, 4.69) is 0 Å². The summed E-state index contributed by atoms with van der Waals surface area (Å²) in [6, 6.07) is 7.85. The van der Waals surface area contributed by atoms with Crippen LogP contribution in [0.2, 0.25) is 0 Å². The summed E-state index contributed by atoms with van der Waals surface area (Å²) in [7, 11) is 3.13. The summed E-state index contributed by atoms with van der Waals surface area (Å²) in [4.78, 5) is 25.0. The SMILES string of the molecule is Cc1cccc(-c2c3c(=O)n(C)c(=O)n(C)c3cn2C[C@H](C)O)c1. The van der Waals surface area contributed by atoms with Crippen molar-refractivity contribution in [3.63, 3.8) is 0 Å². The second kappa shape index (κ2) is 5.79. The van der Waals surface area contributed by atoms with E-state index in [0.717, 1.165) is 21.4 Å². The molecule has 6 nitrogen and oxygen atoms in total. The van der Waals surface area contributed by atoms with Crippen LogP contribution in [0.15, 0.2) is 40.1 Å². The van der Waals surface area contributed by atoms with Crippen LogP contribution in [0.4, 0.5) is 0 Å². The average molecular weight is 327 g/mol. The van der Waals surface area contributed by atoms with Crippen LogP contribution in [-0.2, 0) is 20.6 Å². The van der Waals surface area contributed by atoms with Crippen LogP contribution < -0.4 is 11.2 Å². The molecule has 0 spiro atoms. The molecule has 1 aromatic carbocycles. The first kappa shape index (κ1) is 16.3. The molecular formula is C18H21N3O3. The van der Waals surface area contributed by atoms with Crippen LogP contribution in [0, 0.1) is 6.92 Å². The van der Waals surface area contributed by atoms with Crippen molar-refractivity contribution in [2.45, 2.75) is 26.5 Å². The van der Waals surface area contributed by atoms with Crippen LogP contribution >= 0.6 is 0 Å². The lowest BCUT2D eigenvalue weighted by Crippen LogP contribution is -2.36. The molecule has 0 radical (unpaired) electrons. The molecule has 1 N–H and O–H groups in total. The molecule has 0 saturated carbocycles. The molecule has 2 heterocycles. The Morgan fingerprint density at radius 2 is 1.88 bits per heavy atom. The van der Waals surface area contributed by atoms with Gasteiger partial charge in [0.25, 0.3) is 5.56 Å². The molecule has 3 aromatic rings. The largest absolute Gasteiger partial charge is 0.392 e. The van der Waals surface area contributed by atoms with Gasteiger partial charge >= 0.3 is 5.69 Å². The maximum atomic E-state index is 12.8. The highest BCUT2D eigenvalue weighted by atomic mass is 16.3. The van der Waals surface area contributed by atoms with Crippen LogP contribution in [0.1, 0.15) is 12.5 Å². The van der Waals surface area contributed by atoms with E-state index < -0.39 is 6.10 Å². The molecular weight excluding hydrogens is 306 g/mol. The molecule has 3 rings (SSSR count). The zero-order valence-electron chi connectivity index (χ0n) is 14.3. The molecule has 0 aliphatic heterocycles. The van der Waals surface area contributed by atoms with Crippen LogP contribution in [-0.4, -0.2) is 24.9 Å². The van der Waals surface area contributed by atoms with Gasteiger partial charge in [-0.3, -0.25) is 13.9 Å². The normalized spacial score (nSPS) is 12.7. The van der Waals surface area contributed by atoms with E-state index in [9.17, 15) is 14.7 Å². The number of nitrogens with zero attached hydrogens (tertiary/aromatic N) is 3. The number of benzene rings is 1. The van der Waals surface area contributed by atoms with Gasteiger partial charge in [0.2, 0.25) is 0 Å². The summed E-state index contributed by atoms with van der Waals surface area (Å²) in [6.45, 7) is 4.03. The van der Waals surface area contributed by atoms with Gasteiger partial charge in [-0.05, 0) is 25.5 Å². The number of aromatic nitrogens is 3. The fourth-order valence-corrected chi connectivity index (χ4v) is 3.12. The molecule has 0 saturated heterocycles. The summed E-state index contributed by atoms with van der Waals surface area (Å²) in [5.41, 5.74) is 2.57. The molecule has 0 amide bonds. The molecule has 6 heteroatoms. The van der Waals surface area contributed by atoms with Gasteiger partial charge in [-0.25, -0.2) is 4.79 Å². The molecule has 0 unspecified atom stereocenters. The fraction of sp³-hybridized carbons (Fsp3) is 0.333. The number of aliphatic hydroxyl groups is 1. The van der Waals surface area contributed by atoms with E-state index >= 15 is 0 Å². The van der Waals surface area contributed by atoms with Crippen molar-refractivity contribution < 1.29 is 5.11 Å². The number of hydrogen-bond donors (Lipinski definition) is 1. The van der Waals surface area contributed by atoms with Crippen molar-refractivity contribution in [2.24, 2.45) is 14.1 Å². The number of aliphatic hydroxyl groups excluding tert-OH is 1.